The average Bonchev–Trinajstić information content (AvgIpc) is 3.26. The number of hydrogen-bond acceptors (Lipinski definition) is 5. The lowest BCUT2D eigenvalue weighted by atomic mass is 10.0. The van der Waals surface area contributed by atoms with Crippen molar-refractivity contribution in [1.82, 2.24) is 5.32 Å². The number of unbranched alkanes of at least 4 members (excludes halogenated alkanes) is 19. The first-order valence-corrected chi connectivity index (χ1v) is 25.8. The summed E-state index contributed by atoms with van der Waals surface area (Å²) in [5.74, 6) is -0.558. The van der Waals surface area contributed by atoms with Crippen LogP contribution >= 0.6 is 0 Å². The van der Waals surface area contributed by atoms with Crippen LogP contribution in [0.2, 0.25) is 0 Å². The van der Waals surface area contributed by atoms with Gasteiger partial charge < -0.3 is 20.3 Å². The predicted octanol–water partition coefficient (Wildman–Crippen LogP) is 15.6. The van der Waals surface area contributed by atoms with Gasteiger partial charge >= 0.3 is 5.97 Å². The van der Waals surface area contributed by atoms with Gasteiger partial charge in [0, 0.05) is 6.42 Å². The van der Waals surface area contributed by atoms with Crippen LogP contribution in [0.3, 0.4) is 0 Å². The molecule has 0 spiro atoms. The molecule has 0 aliphatic carbocycles. The fourth-order valence-corrected chi connectivity index (χ4v) is 7.32. The lowest BCUT2D eigenvalue weighted by Gasteiger charge is -2.24. The first-order valence-electron chi connectivity index (χ1n) is 25.8. The molecule has 0 heterocycles. The van der Waals surface area contributed by atoms with Crippen LogP contribution in [0.15, 0.2) is 85.1 Å². The molecule has 0 saturated heterocycles. The molecule has 0 saturated carbocycles. The van der Waals surface area contributed by atoms with Crippen molar-refractivity contribution in [3.63, 3.8) is 0 Å². The maximum atomic E-state index is 13.2. The Labute approximate surface area is 383 Å². The van der Waals surface area contributed by atoms with Crippen molar-refractivity contribution in [3.05, 3.63) is 85.1 Å². The number of esters is 1. The molecule has 0 aromatic rings. The average molecular weight is 864 g/mol. The van der Waals surface area contributed by atoms with E-state index in [4.69, 9.17) is 4.74 Å². The van der Waals surface area contributed by atoms with E-state index < -0.39 is 18.2 Å². The van der Waals surface area contributed by atoms with Crippen LogP contribution < -0.4 is 5.32 Å². The number of aliphatic hydroxyl groups excluding tert-OH is 2. The molecule has 6 nitrogen and oxygen atoms in total. The molecule has 0 aromatic heterocycles. The monoisotopic (exact) mass is 864 g/mol. The van der Waals surface area contributed by atoms with Crippen molar-refractivity contribution in [3.8, 4) is 0 Å². The van der Waals surface area contributed by atoms with E-state index in [2.05, 4.69) is 111 Å². The normalized spacial score (nSPS) is 14.0. The number of aliphatic hydroxyl groups is 2. The Hall–Kier alpha value is -2.96. The number of amides is 1. The van der Waals surface area contributed by atoms with E-state index in [1.54, 1.807) is 0 Å². The molecule has 3 unspecified atom stereocenters. The third-order valence-electron chi connectivity index (χ3n) is 11.2. The van der Waals surface area contributed by atoms with Gasteiger partial charge in [-0.25, -0.2) is 0 Å². The van der Waals surface area contributed by atoms with E-state index in [1.807, 2.05) is 0 Å². The van der Waals surface area contributed by atoms with Crippen LogP contribution in [0.5, 0.6) is 0 Å². The highest BCUT2D eigenvalue weighted by atomic mass is 16.5. The van der Waals surface area contributed by atoms with Crippen molar-refractivity contribution in [1.29, 1.82) is 0 Å². The van der Waals surface area contributed by atoms with E-state index >= 15 is 0 Å². The number of rotatable bonds is 45. The second-order valence-corrected chi connectivity index (χ2v) is 17.2. The Kier molecular flexibility index (Phi) is 46.7. The Balaban J connectivity index is 4.71. The van der Waals surface area contributed by atoms with Crippen LogP contribution in [0.4, 0.5) is 0 Å². The summed E-state index contributed by atoms with van der Waals surface area (Å²) in [5, 5.41) is 23.7. The minimum atomic E-state index is -0.809. The molecule has 0 aromatic carbocycles. The zero-order valence-electron chi connectivity index (χ0n) is 40.5. The lowest BCUT2D eigenvalue weighted by Crippen LogP contribution is -2.46. The van der Waals surface area contributed by atoms with Crippen molar-refractivity contribution in [2.24, 2.45) is 0 Å². The smallest absolute Gasteiger partial charge is 0.306 e. The predicted molar refractivity (Wildman–Crippen MR) is 268 cm³/mol. The summed E-state index contributed by atoms with van der Waals surface area (Å²) in [4.78, 5) is 26.1. The van der Waals surface area contributed by atoms with E-state index in [1.165, 1.54) is 83.5 Å². The Bertz CT molecular complexity index is 1200. The van der Waals surface area contributed by atoms with Gasteiger partial charge in [-0.15, -0.1) is 0 Å². The Morgan fingerprint density at radius 2 is 0.887 bits per heavy atom. The fourth-order valence-electron chi connectivity index (χ4n) is 7.32. The number of carbonyl (C=O) groups excluding carboxylic acids is 2. The molecule has 0 radical (unpaired) electrons. The summed E-state index contributed by atoms with van der Waals surface area (Å²) in [6.45, 7) is 6.31. The molecular formula is C56H97NO5. The SMILES string of the molecule is CC/C=C/C/C=C/C/C=C/C/C=C/CCCC(CC(=O)NC(CO)C(O)CCCCCCCCCCCCCC)OC(=O)CCCCCC/C=C\C/C=C\C/C=C\CCCCC. The number of carbonyl (C=O) groups is 2. The lowest BCUT2D eigenvalue weighted by molar-refractivity contribution is -0.151. The molecule has 0 aliphatic rings. The summed E-state index contributed by atoms with van der Waals surface area (Å²) in [5.41, 5.74) is 0. The van der Waals surface area contributed by atoms with E-state index in [-0.39, 0.29) is 24.9 Å². The standard InChI is InChI=1S/C56H97NO5/c1-4-7-10-13-16-19-22-25-27-28-29-31-34-37-40-43-46-49-56(61)62-52(47-44-41-38-35-32-30-26-23-20-17-14-11-8-5-2)50-55(60)57-53(51-58)54(59)48-45-42-39-36-33-24-21-18-15-12-9-6-3/h8,11,16-17,19-20,25-27,29-31,35,38,52-54,58-59H,4-7,9-10,12-15,18,21-24,28,32-34,36-37,39-51H2,1-3H3,(H,57,60)/b11-8+,19-16-,20-17+,27-25-,30-26+,31-29-,38-35+. The first-order chi connectivity index (χ1) is 30.5. The van der Waals surface area contributed by atoms with Gasteiger partial charge in [-0.2, -0.15) is 0 Å². The maximum absolute atomic E-state index is 13.2. The highest BCUT2D eigenvalue weighted by molar-refractivity contribution is 5.77. The van der Waals surface area contributed by atoms with Crippen LogP contribution in [0.1, 0.15) is 233 Å². The molecule has 356 valence electrons. The number of ether oxygens (including phenoxy) is 1. The molecule has 0 bridgehead atoms. The molecule has 0 rings (SSSR count). The zero-order chi connectivity index (χ0) is 45.2. The van der Waals surface area contributed by atoms with Gasteiger partial charge in [0.25, 0.3) is 0 Å². The number of allylic oxidation sites excluding steroid dienone is 14. The van der Waals surface area contributed by atoms with Crippen molar-refractivity contribution >= 4 is 11.9 Å². The van der Waals surface area contributed by atoms with Gasteiger partial charge in [0.05, 0.1) is 25.2 Å². The van der Waals surface area contributed by atoms with Crippen molar-refractivity contribution in [2.45, 2.75) is 251 Å². The van der Waals surface area contributed by atoms with Crippen molar-refractivity contribution < 1.29 is 24.5 Å². The maximum Gasteiger partial charge on any atom is 0.306 e. The Morgan fingerprint density at radius 1 is 0.484 bits per heavy atom. The van der Waals surface area contributed by atoms with Gasteiger partial charge in [0.15, 0.2) is 0 Å². The number of nitrogens with one attached hydrogen (secondary N) is 1. The molecule has 3 atom stereocenters. The highest BCUT2D eigenvalue weighted by Gasteiger charge is 2.24. The summed E-state index contributed by atoms with van der Waals surface area (Å²) >= 11 is 0. The second kappa shape index (κ2) is 49.1. The van der Waals surface area contributed by atoms with E-state index in [0.29, 0.717) is 19.3 Å². The van der Waals surface area contributed by atoms with Gasteiger partial charge in [0.1, 0.15) is 6.10 Å². The van der Waals surface area contributed by atoms with Crippen molar-refractivity contribution in [2.75, 3.05) is 6.61 Å². The van der Waals surface area contributed by atoms with E-state index in [9.17, 15) is 19.8 Å². The van der Waals surface area contributed by atoms with Crippen LogP contribution in [-0.2, 0) is 14.3 Å². The summed E-state index contributed by atoms with van der Waals surface area (Å²) in [7, 11) is 0. The summed E-state index contributed by atoms with van der Waals surface area (Å²) < 4.78 is 5.90. The molecule has 62 heavy (non-hydrogen) atoms. The quantitative estimate of drug-likeness (QED) is 0.0322. The molecule has 0 fully saturated rings. The minimum absolute atomic E-state index is 0.0268. The zero-order valence-corrected chi connectivity index (χ0v) is 40.5. The van der Waals surface area contributed by atoms with Crippen LogP contribution in [-0.4, -0.2) is 46.9 Å². The third kappa shape index (κ3) is 43.7. The fraction of sp³-hybridized carbons (Fsp3) is 0.714. The molecular weight excluding hydrogens is 767 g/mol. The Morgan fingerprint density at radius 3 is 1.39 bits per heavy atom. The third-order valence-corrected chi connectivity index (χ3v) is 11.2. The molecule has 0 aliphatic heterocycles. The molecule has 1 amide bonds. The summed E-state index contributed by atoms with van der Waals surface area (Å²) in [6.07, 6.45) is 63.6. The van der Waals surface area contributed by atoms with Gasteiger partial charge in [0.2, 0.25) is 5.91 Å². The van der Waals surface area contributed by atoms with Gasteiger partial charge in [-0.3, -0.25) is 9.59 Å². The largest absolute Gasteiger partial charge is 0.462 e. The second-order valence-electron chi connectivity index (χ2n) is 17.2. The van der Waals surface area contributed by atoms with E-state index in [0.717, 1.165) is 103 Å². The van der Waals surface area contributed by atoms with Crippen LogP contribution in [0, 0.1) is 0 Å². The molecule has 3 N–H and O–H groups in total. The van der Waals surface area contributed by atoms with Crippen LogP contribution in [0.25, 0.3) is 0 Å². The minimum Gasteiger partial charge on any atom is -0.462 e. The van der Waals surface area contributed by atoms with Gasteiger partial charge in [-0.1, -0.05) is 209 Å². The highest BCUT2D eigenvalue weighted by Crippen LogP contribution is 2.16. The summed E-state index contributed by atoms with van der Waals surface area (Å²) in [6, 6.07) is -0.727. The first kappa shape index (κ1) is 59.0. The molecule has 6 heteroatoms. The van der Waals surface area contributed by atoms with Gasteiger partial charge in [-0.05, 0) is 96.3 Å². The number of hydrogen-bond donors (Lipinski definition) is 3. The topological polar surface area (TPSA) is 95.9 Å².